The molecule has 0 aromatic carbocycles. The Labute approximate surface area is 125 Å². The number of imidazole rings is 1. The molecule has 0 atom stereocenters. The van der Waals surface area contributed by atoms with Gasteiger partial charge in [-0.3, -0.25) is 15.1 Å². The van der Waals surface area contributed by atoms with E-state index in [2.05, 4.69) is 30.7 Å². The van der Waals surface area contributed by atoms with E-state index in [-0.39, 0.29) is 10.6 Å². The highest BCUT2D eigenvalue weighted by molar-refractivity contribution is 5.24. The molecule has 0 aliphatic heterocycles. The Morgan fingerprint density at radius 1 is 1.62 bits per heavy atom. The van der Waals surface area contributed by atoms with Crippen LogP contribution in [0.3, 0.4) is 0 Å². The molecule has 0 unspecified atom stereocenters. The van der Waals surface area contributed by atoms with Gasteiger partial charge in [-0.1, -0.05) is 13.8 Å². The van der Waals surface area contributed by atoms with E-state index < -0.39 is 0 Å². The number of hydrogen-bond donors (Lipinski definition) is 0. The van der Waals surface area contributed by atoms with Crippen molar-refractivity contribution in [2.45, 2.75) is 40.2 Å². The maximum atomic E-state index is 11.1. The first-order valence-corrected chi connectivity index (χ1v) is 6.91. The van der Waals surface area contributed by atoms with Crippen molar-refractivity contribution in [2.75, 3.05) is 0 Å². The van der Waals surface area contributed by atoms with E-state index in [4.69, 9.17) is 0 Å². The van der Waals surface area contributed by atoms with E-state index in [0.29, 0.717) is 24.6 Å². The Hall–Kier alpha value is -2.18. The topological polar surface area (TPSA) is 76.6 Å². The van der Waals surface area contributed by atoms with Gasteiger partial charge in [0.15, 0.2) is 0 Å². The number of nitro groups is 1. The van der Waals surface area contributed by atoms with Gasteiger partial charge in [0.1, 0.15) is 11.5 Å². The van der Waals surface area contributed by atoms with Crippen molar-refractivity contribution in [1.82, 2.24) is 14.6 Å². The summed E-state index contributed by atoms with van der Waals surface area (Å²) in [5, 5.41) is 16.6. The second-order valence-corrected chi connectivity index (χ2v) is 5.38. The maximum absolute atomic E-state index is 11.1. The van der Waals surface area contributed by atoms with Gasteiger partial charge >= 0.3 is 0 Å². The highest BCUT2D eigenvalue weighted by Crippen LogP contribution is 2.22. The first-order valence-electron chi connectivity index (χ1n) is 6.91. The Bertz CT molecular complexity index is 533. The van der Waals surface area contributed by atoms with E-state index in [1.54, 1.807) is 11.2 Å². The summed E-state index contributed by atoms with van der Waals surface area (Å²) in [6, 6.07) is 0. The largest absolute Gasteiger partial charge is 0.336 e. The fourth-order valence-corrected chi connectivity index (χ4v) is 1.94. The molecule has 0 aliphatic rings. The Balaban J connectivity index is 3.03. The third kappa shape index (κ3) is 4.70. The lowest BCUT2D eigenvalue weighted by Crippen LogP contribution is -2.21. The van der Waals surface area contributed by atoms with Gasteiger partial charge in [-0.15, -0.1) is 0 Å². The lowest BCUT2D eigenvalue weighted by Gasteiger charge is -2.21. The number of rotatable bonds is 8. The van der Waals surface area contributed by atoms with Crippen molar-refractivity contribution in [3.8, 4) is 0 Å². The number of aromatic nitrogens is 2. The van der Waals surface area contributed by atoms with Gasteiger partial charge in [0.25, 0.3) is 5.70 Å². The molecule has 116 valence electrons. The van der Waals surface area contributed by atoms with Crippen LogP contribution >= 0.6 is 0 Å². The Morgan fingerprint density at radius 2 is 2.29 bits per heavy atom. The number of hydrogen-bond acceptors (Lipinski definition) is 5. The highest BCUT2D eigenvalue weighted by atomic mass is 16.6. The summed E-state index contributed by atoms with van der Waals surface area (Å²) in [5.74, 6) is 1.24. The average molecular weight is 293 g/mol. The quantitative estimate of drug-likeness (QED) is 0.419. The molecule has 0 amide bonds. The normalized spacial score (nSPS) is 12.2. The number of nitrogens with zero attached hydrogens (tertiary/aromatic N) is 5. The van der Waals surface area contributed by atoms with E-state index in [1.165, 1.54) is 6.92 Å². The lowest BCUT2D eigenvalue weighted by molar-refractivity contribution is -0.426. The van der Waals surface area contributed by atoms with Gasteiger partial charge in [0, 0.05) is 33.1 Å². The summed E-state index contributed by atoms with van der Waals surface area (Å²) in [6.07, 6.45) is 4.96. The van der Waals surface area contributed by atoms with E-state index in [1.807, 2.05) is 17.8 Å². The molecule has 1 aromatic heterocycles. The molecule has 0 fully saturated rings. The van der Waals surface area contributed by atoms with Crippen LogP contribution in [0, 0.1) is 16.0 Å². The van der Waals surface area contributed by atoms with Crippen LogP contribution in [0.4, 0.5) is 0 Å². The zero-order valence-corrected chi connectivity index (χ0v) is 13.1. The smallest absolute Gasteiger partial charge is 0.264 e. The molecule has 1 aromatic rings. The minimum absolute atomic E-state index is 0.109. The van der Waals surface area contributed by atoms with Crippen molar-refractivity contribution in [3.05, 3.63) is 39.7 Å². The predicted octanol–water partition coefficient (Wildman–Crippen LogP) is 2.78. The average Bonchev–Trinajstić information content (AvgIpc) is 2.82. The van der Waals surface area contributed by atoms with Crippen molar-refractivity contribution in [3.63, 3.8) is 0 Å². The van der Waals surface area contributed by atoms with Gasteiger partial charge in [-0.2, -0.15) is 5.10 Å². The van der Waals surface area contributed by atoms with Crippen LogP contribution in [0.5, 0.6) is 0 Å². The number of hydrazone groups is 1. The zero-order chi connectivity index (χ0) is 16.0. The van der Waals surface area contributed by atoms with E-state index >= 15 is 0 Å². The summed E-state index contributed by atoms with van der Waals surface area (Å²) >= 11 is 0. The zero-order valence-electron chi connectivity index (χ0n) is 13.1. The molecular weight excluding hydrogens is 270 g/mol. The summed E-state index contributed by atoms with van der Waals surface area (Å²) in [5.41, 5.74) is 0.698. The maximum Gasteiger partial charge on any atom is 0.264 e. The first kappa shape index (κ1) is 16.9. The standard InChI is InChI=1S/C14H23N5O2/c1-11(2)6-7-13(12(3)19(20)21)18(15-4)10-14-16-8-9-17(14)5/h8-9,11H,4,6-7,10H2,1-3,5H3/b13-12+. The van der Waals surface area contributed by atoms with Gasteiger partial charge in [-0.25, -0.2) is 4.98 Å². The lowest BCUT2D eigenvalue weighted by atomic mass is 10.1. The third-order valence-electron chi connectivity index (χ3n) is 3.34. The van der Waals surface area contributed by atoms with Gasteiger partial charge < -0.3 is 4.57 Å². The van der Waals surface area contributed by atoms with Crippen molar-refractivity contribution >= 4 is 6.72 Å². The van der Waals surface area contributed by atoms with Crippen LogP contribution in [0.15, 0.2) is 28.9 Å². The minimum atomic E-state index is -0.369. The predicted molar refractivity (Wildman–Crippen MR) is 82.1 cm³/mol. The summed E-state index contributed by atoms with van der Waals surface area (Å²) in [4.78, 5) is 15.0. The molecule has 1 heterocycles. The van der Waals surface area contributed by atoms with Crippen molar-refractivity contribution in [2.24, 2.45) is 18.1 Å². The molecule has 7 nitrogen and oxygen atoms in total. The molecule has 21 heavy (non-hydrogen) atoms. The number of aryl methyl sites for hydroxylation is 1. The minimum Gasteiger partial charge on any atom is -0.336 e. The van der Waals surface area contributed by atoms with E-state index in [0.717, 1.165) is 12.2 Å². The van der Waals surface area contributed by atoms with Crippen LogP contribution in [0.25, 0.3) is 0 Å². The monoisotopic (exact) mass is 293 g/mol. The molecule has 0 saturated heterocycles. The summed E-state index contributed by atoms with van der Waals surface area (Å²) in [7, 11) is 1.88. The van der Waals surface area contributed by atoms with Gasteiger partial charge in [-0.05, 0) is 18.8 Å². The van der Waals surface area contributed by atoms with Crippen LogP contribution in [-0.2, 0) is 13.6 Å². The second-order valence-electron chi connectivity index (χ2n) is 5.38. The van der Waals surface area contributed by atoms with E-state index in [9.17, 15) is 10.1 Å². The Morgan fingerprint density at radius 3 is 2.71 bits per heavy atom. The molecule has 0 spiro atoms. The van der Waals surface area contributed by atoms with Crippen LogP contribution < -0.4 is 0 Å². The fraction of sp³-hybridized carbons (Fsp3) is 0.571. The fourth-order valence-electron chi connectivity index (χ4n) is 1.94. The van der Waals surface area contributed by atoms with Gasteiger partial charge in [0.05, 0.1) is 11.5 Å². The molecular formula is C14H23N5O2. The highest BCUT2D eigenvalue weighted by Gasteiger charge is 2.20. The second kappa shape index (κ2) is 7.56. The summed E-state index contributed by atoms with van der Waals surface area (Å²) < 4.78 is 1.86. The molecule has 0 N–H and O–H groups in total. The molecule has 0 saturated carbocycles. The van der Waals surface area contributed by atoms with Crippen molar-refractivity contribution < 1.29 is 4.92 Å². The van der Waals surface area contributed by atoms with Crippen LogP contribution in [0.2, 0.25) is 0 Å². The SMILES string of the molecule is C=NN(Cc1nccn1C)/C(CCC(C)C)=C(\C)[N+](=O)[O-]. The summed E-state index contributed by atoms with van der Waals surface area (Å²) in [6.45, 7) is 9.59. The van der Waals surface area contributed by atoms with Crippen LogP contribution in [0.1, 0.15) is 39.4 Å². The Kier molecular flexibility index (Phi) is 6.08. The number of allylic oxidation sites excluding steroid dienone is 2. The van der Waals surface area contributed by atoms with Gasteiger partial charge in [0.2, 0.25) is 0 Å². The molecule has 0 radical (unpaired) electrons. The first-order chi connectivity index (χ1) is 9.86. The molecule has 0 bridgehead atoms. The molecule has 7 heteroatoms. The molecule has 1 rings (SSSR count). The third-order valence-corrected chi connectivity index (χ3v) is 3.34. The molecule has 0 aliphatic carbocycles. The van der Waals surface area contributed by atoms with Crippen LogP contribution in [-0.4, -0.2) is 26.2 Å². The van der Waals surface area contributed by atoms with Crippen molar-refractivity contribution in [1.29, 1.82) is 0 Å².